The number of hydrogen-bond donors (Lipinski definition) is 4. The summed E-state index contributed by atoms with van der Waals surface area (Å²) < 4.78 is 37.8. The Morgan fingerprint density at radius 1 is 1.04 bits per heavy atom. The second-order valence-corrected chi connectivity index (χ2v) is 4.74. The van der Waals surface area contributed by atoms with Gasteiger partial charge in [0.2, 0.25) is 0 Å². The van der Waals surface area contributed by atoms with Crippen molar-refractivity contribution in [2.24, 2.45) is 0 Å². The van der Waals surface area contributed by atoms with Crippen LogP contribution >= 0.6 is 0 Å². The minimum Gasteiger partial charge on any atom is -0.508 e. The maximum Gasteiger partial charge on any atom is 0.416 e. The maximum absolute atomic E-state index is 12.6. The highest BCUT2D eigenvalue weighted by Crippen LogP contribution is 2.32. The molecule has 0 radical (unpaired) electrons. The van der Waals surface area contributed by atoms with E-state index in [9.17, 15) is 28.2 Å². The average Bonchev–Trinajstić information content (AvgIpc) is 2.43. The van der Waals surface area contributed by atoms with Gasteiger partial charge in [-0.05, 0) is 17.7 Å². The minimum atomic E-state index is -4.49. The van der Waals surface area contributed by atoms with Crippen LogP contribution in [-0.2, 0) is 12.7 Å². The molecule has 0 aliphatic carbocycles. The van der Waals surface area contributed by atoms with E-state index in [0.29, 0.717) is 0 Å². The van der Waals surface area contributed by atoms with Crippen molar-refractivity contribution in [3.63, 3.8) is 0 Å². The molecule has 0 aliphatic heterocycles. The van der Waals surface area contributed by atoms with Gasteiger partial charge in [0.05, 0.1) is 5.56 Å². The molecule has 8 heteroatoms. The van der Waals surface area contributed by atoms with E-state index in [0.717, 1.165) is 24.3 Å². The number of amides is 1. The highest BCUT2D eigenvalue weighted by molar-refractivity contribution is 5.99. The fourth-order valence-electron chi connectivity index (χ4n) is 1.96. The molecule has 2 aromatic rings. The van der Waals surface area contributed by atoms with Gasteiger partial charge in [-0.3, -0.25) is 4.79 Å². The van der Waals surface area contributed by atoms with Crippen LogP contribution in [0.5, 0.6) is 17.2 Å². The first kappa shape index (κ1) is 16.5. The number of carbonyl (C=O) groups is 1. The van der Waals surface area contributed by atoms with Crippen molar-refractivity contribution >= 4 is 5.91 Å². The summed E-state index contributed by atoms with van der Waals surface area (Å²) in [5.74, 6) is -2.63. The van der Waals surface area contributed by atoms with E-state index < -0.39 is 40.5 Å². The Morgan fingerprint density at radius 2 is 1.65 bits per heavy atom. The van der Waals surface area contributed by atoms with Gasteiger partial charge < -0.3 is 20.6 Å². The number of halogens is 3. The van der Waals surface area contributed by atoms with Gasteiger partial charge in [-0.1, -0.05) is 12.1 Å². The summed E-state index contributed by atoms with van der Waals surface area (Å²) in [7, 11) is 0. The lowest BCUT2D eigenvalue weighted by Gasteiger charge is -2.11. The molecule has 2 rings (SSSR count). The summed E-state index contributed by atoms with van der Waals surface area (Å²) in [5, 5.41) is 30.6. The fourth-order valence-corrected chi connectivity index (χ4v) is 1.96. The molecular formula is C15H12F3NO4. The number of phenols is 3. The Morgan fingerprint density at radius 3 is 2.22 bits per heavy atom. The number of phenolic OH excluding ortho intramolecular Hbond substituents is 3. The number of alkyl halides is 3. The molecule has 0 saturated carbocycles. The highest BCUT2D eigenvalue weighted by atomic mass is 19.4. The second kappa shape index (κ2) is 6.07. The normalized spacial score (nSPS) is 11.3. The molecule has 0 fully saturated rings. The fraction of sp³-hybridized carbons (Fsp3) is 0.133. The van der Waals surface area contributed by atoms with Gasteiger partial charge in [-0.2, -0.15) is 13.2 Å². The summed E-state index contributed by atoms with van der Waals surface area (Å²) in [5.41, 5.74) is -1.12. The van der Waals surface area contributed by atoms with Crippen LogP contribution in [0, 0.1) is 0 Å². The van der Waals surface area contributed by atoms with Crippen LogP contribution in [0.2, 0.25) is 0 Å². The quantitative estimate of drug-likeness (QED) is 0.698. The summed E-state index contributed by atoms with van der Waals surface area (Å²) >= 11 is 0. The average molecular weight is 327 g/mol. The van der Waals surface area contributed by atoms with Gasteiger partial charge in [0.1, 0.15) is 22.8 Å². The largest absolute Gasteiger partial charge is 0.508 e. The number of rotatable bonds is 3. The predicted molar refractivity (Wildman–Crippen MR) is 74.1 cm³/mol. The van der Waals surface area contributed by atoms with Crippen molar-refractivity contribution in [1.29, 1.82) is 0 Å². The van der Waals surface area contributed by atoms with E-state index >= 15 is 0 Å². The smallest absolute Gasteiger partial charge is 0.416 e. The number of hydrogen-bond acceptors (Lipinski definition) is 4. The Bertz CT molecular complexity index is 721. The summed E-state index contributed by atoms with van der Waals surface area (Å²) in [6.07, 6.45) is -4.49. The third kappa shape index (κ3) is 3.85. The van der Waals surface area contributed by atoms with Crippen LogP contribution in [0.15, 0.2) is 36.4 Å². The van der Waals surface area contributed by atoms with Crippen molar-refractivity contribution in [3.05, 3.63) is 53.1 Å². The third-order valence-electron chi connectivity index (χ3n) is 3.02. The molecule has 0 unspecified atom stereocenters. The maximum atomic E-state index is 12.6. The summed E-state index contributed by atoms with van der Waals surface area (Å²) in [6, 6.07) is 6.11. The van der Waals surface area contributed by atoms with Gasteiger partial charge in [0.15, 0.2) is 0 Å². The van der Waals surface area contributed by atoms with Gasteiger partial charge in [-0.15, -0.1) is 0 Å². The highest BCUT2D eigenvalue weighted by Gasteiger charge is 2.30. The number of aromatic hydroxyl groups is 3. The van der Waals surface area contributed by atoms with Crippen molar-refractivity contribution < 1.29 is 33.3 Å². The van der Waals surface area contributed by atoms with Gasteiger partial charge in [0.25, 0.3) is 5.91 Å². The molecule has 5 nitrogen and oxygen atoms in total. The van der Waals surface area contributed by atoms with Crippen LogP contribution in [0.25, 0.3) is 0 Å². The lowest BCUT2D eigenvalue weighted by atomic mass is 10.1. The minimum absolute atomic E-state index is 0.200. The molecule has 0 bridgehead atoms. The second-order valence-electron chi connectivity index (χ2n) is 4.74. The Hall–Kier alpha value is -2.90. The third-order valence-corrected chi connectivity index (χ3v) is 3.02. The Balaban J connectivity index is 2.14. The molecule has 0 aliphatic rings. The topological polar surface area (TPSA) is 89.8 Å². The standard InChI is InChI=1S/C15H12F3NO4/c16-15(17,18)9-3-1-2-8(4-9)7-19-14(23)13-11(21)5-10(20)6-12(13)22/h1-6,20-22H,7H2,(H,19,23). The zero-order valence-corrected chi connectivity index (χ0v) is 11.6. The zero-order chi connectivity index (χ0) is 17.2. The van der Waals surface area contributed by atoms with Crippen molar-refractivity contribution in [2.75, 3.05) is 0 Å². The Labute approximate surface area is 128 Å². The molecule has 0 saturated heterocycles. The first-order valence-corrected chi connectivity index (χ1v) is 6.38. The van der Waals surface area contributed by atoms with E-state index in [1.54, 1.807) is 0 Å². The van der Waals surface area contributed by atoms with Crippen LogP contribution < -0.4 is 5.32 Å². The lowest BCUT2D eigenvalue weighted by molar-refractivity contribution is -0.137. The zero-order valence-electron chi connectivity index (χ0n) is 11.6. The molecule has 23 heavy (non-hydrogen) atoms. The van der Waals surface area contributed by atoms with Crippen LogP contribution in [0.3, 0.4) is 0 Å². The summed E-state index contributed by atoms with van der Waals surface area (Å²) in [6.45, 7) is -0.234. The first-order chi connectivity index (χ1) is 10.7. The molecule has 2 aromatic carbocycles. The summed E-state index contributed by atoms with van der Waals surface area (Å²) in [4.78, 5) is 11.9. The van der Waals surface area contributed by atoms with E-state index in [-0.39, 0.29) is 12.1 Å². The molecule has 122 valence electrons. The van der Waals surface area contributed by atoms with Gasteiger partial charge in [-0.25, -0.2) is 0 Å². The van der Waals surface area contributed by atoms with E-state index in [1.807, 2.05) is 0 Å². The molecular weight excluding hydrogens is 315 g/mol. The molecule has 0 spiro atoms. The Kier molecular flexibility index (Phi) is 4.35. The monoisotopic (exact) mass is 327 g/mol. The van der Waals surface area contributed by atoms with Gasteiger partial charge >= 0.3 is 6.18 Å². The van der Waals surface area contributed by atoms with Crippen molar-refractivity contribution in [3.8, 4) is 17.2 Å². The van der Waals surface area contributed by atoms with E-state index in [2.05, 4.69) is 5.32 Å². The van der Waals surface area contributed by atoms with Crippen LogP contribution in [0.4, 0.5) is 13.2 Å². The van der Waals surface area contributed by atoms with Crippen LogP contribution in [0.1, 0.15) is 21.5 Å². The number of nitrogens with one attached hydrogen (secondary N) is 1. The van der Waals surface area contributed by atoms with E-state index in [1.165, 1.54) is 12.1 Å². The first-order valence-electron chi connectivity index (χ1n) is 6.38. The lowest BCUT2D eigenvalue weighted by Crippen LogP contribution is -2.23. The van der Waals surface area contributed by atoms with Crippen molar-refractivity contribution in [2.45, 2.75) is 12.7 Å². The molecule has 4 N–H and O–H groups in total. The van der Waals surface area contributed by atoms with Crippen LogP contribution in [-0.4, -0.2) is 21.2 Å². The SMILES string of the molecule is O=C(NCc1cccc(C(F)(F)F)c1)c1c(O)cc(O)cc1O. The number of benzene rings is 2. The molecule has 0 aromatic heterocycles. The van der Waals surface area contributed by atoms with Gasteiger partial charge in [0, 0.05) is 18.7 Å². The van der Waals surface area contributed by atoms with E-state index in [4.69, 9.17) is 5.11 Å². The van der Waals surface area contributed by atoms with Crippen molar-refractivity contribution in [1.82, 2.24) is 5.32 Å². The predicted octanol–water partition coefficient (Wildman–Crippen LogP) is 2.75. The molecule has 0 atom stereocenters. The molecule has 1 amide bonds. The molecule has 0 heterocycles. The number of carbonyl (C=O) groups excluding carboxylic acids is 1.